The third-order valence-electron chi connectivity index (χ3n) is 2.36. The van der Waals surface area contributed by atoms with Crippen LogP contribution in [-0.2, 0) is 6.61 Å². The molecule has 2 aromatic rings. The second-order valence-electron chi connectivity index (χ2n) is 3.72. The molecule has 0 aliphatic rings. The van der Waals surface area contributed by atoms with Gasteiger partial charge >= 0.3 is 0 Å². The number of rotatable bonds is 3. The minimum Gasteiger partial charge on any atom is -0.489 e. The third kappa shape index (κ3) is 3.23. The van der Waals surface area contributed by atoms with E-state index in [-0.39, 0.29) is 5.82 Å². The molecule has 18 heavy (non-hydrogen) atoms. The molecule has 0 aliphatic heterocycles. The summed E-state index contributed by atoms with van der Waals surface area (Å²) >= 11 is 6.50. The molecule has 0 amide bonds. The molecule has 0 bridgehead atoms. The highest BCUT2D eigenvalue weighted by atomic mass is 79.9. The van der Waals surface area contributed by atoms with E-state index >= 15 is 0 Å². The smallest absolute Gasteiger partial charge is 0.141 e. The van der Waals surface area contributed by atoms with Crippen LogP contribution in [0.1, 0.15) is 5.56 Å². The molecular formula is C13H10Br2FNO. The van der Waals surface area contributed by atoms with E-state index in [0.717, 1.165) is 10.0 Å². The van der Waals surface area contributed by atoms with Crippen LogP contribution in [0.15, 0.2) is 45.3 Å². The predicted octanol–water partition coefficient (Wildman–Crippen LogP) is 4.51. The summed E-state index contributed by atoms with van der Waals surface area (Å²) in [6.45, 7) is 0.349. The van der Waals surface area contributed by atoms with Crippen LogP contribution < -0.4 is 10.5 Å². The lowest BCUT2D eigenvalue weighted by atomic mass is 10.2. The number of anilines is 1. The monoisotopic (exact) mass is 373 g/mol. The molecule has 0 aromatic heterocycles. The van der Waals surface area contributed by atoms with Gasteiger partial charge in [-0.2, -0.15) is 0 Å². The molecule has 0 unspecified atom stereocenters. The molecule has 0 radical (unpaired) electrons. The van der Waals surface area contributed by atoms with Crippen LogP contribution in [-0.4, -0.2) is 0 Å². The first-order valence-electron chi connectivity index (χ1n) is 5.18. The van der Waals surface area contributed by atoms with Gasteiger partial charge in [0.25, 0.3) is 0 Å². The van der Waals surface area contributed by atoms with E-state index in [1.54, 1.807) is 24.3 Å². The van der Waals surface area contributed by atoms with E-state index < -0.39 is 0 Å². The Kier molecular flexibility index (Phi) is 4.24. The summed E-state index contributed by atoms with van der Waals surface area (Å²) in [5.41, 5.74) is 7.28. The van der Waals surface area contributed by atoms with Crippen molar-refractivity contribution >= 4 is 37.5 Å². The van der Waals surface area contributed by atoms with Crippen LogP contribution in [0.25, 0.3) is 0 Å². The normalized spacial score (nSPS) is 10.4. The van der Waals surface area contributed by atoms with Gasteiger partial charge in [0.1, 0.15) is 18.2 Å². The average molecular weight is 375 g/mol. The van der Waals surface area contributed by atoms with E-state index in [0.29, 0.717) is 22.5 Å². The van der Waals surface area contributed by atoms with Crippen molar-refractivity contribution in [2.75, 3.05) is 5.73 Å². The zero-order valence-corrected chi connectivity index (χ0v) is 12.5. The highest BCUT2D eigenvalue weighted by Crippen LogP contribution is 2.24. The third-order valence-corrected chi connectivity index (χ3v) is 3.74. The van der Waals surface area contributed by atoms with Gasteiger partial charge in [0.05, 0.1) is 4.47 Å². The molecule has 94 valence electrons. The van der Waals surface area contributed by atoms with Gasteiger partial charge in [-0.25, -0.2) is 4.39 Å². The zero-order valence-electron chi connectivity index (χ0n) is 9.29. The summed E-state index contributed by atoms with van der Waals surface area (Å²) in [6.07, 6.45) is 0. The maximum atomic E-state index is 13.3. The lowest BCUT2D eigenvalue weighted by molar-refractivity contribution is 0.304. The minimum absolute atomic E-state index is 0.344. The molecule has 0 saturated heterocycles. The summed E-state index contributed by atoms with van der Waals surface area (Å²) < 4.78 is 20.1. The summed E-state index contributed by atoms with van der Waals surface area (Å²) in [5, 5.41) is 0. The Morgan fingerprint density at radius 1 is 1.06 bits per heavy atom. The van der Waals surface area contributed by atoms with Gasteiger partial charge in [-0.05, 0) is 40.2 Å². The quantitative estimate of drug-likeness (QED) is 0.802. The predicted molar refractivity (Wildman–Crippen MR) is 77.0 cm³/mol. The van der Waals surface area contributed by atoms with Crippen molar-refractivity contribution in [3.05, 3.63) is 56.7 Å². The molecule has 0 aliphatic carbocycles. The van der Waals surface area contributed by atoms with Gasteiger partial charge < -0.3 is 10.5 Å². The number of nitrogen functional groups attached to an aromatic ring is 1. The summed E-state index contributed by atoms with van der Waals surface area (Å²) in [4.78, 5) is 0. The Bertz CT molecular complexity index is 575. The average Bonchev–Trinajstić information content (AvgIpc) is 2.32. The highest BCUT2D eigenvalue weighted by Gasteiger charge is 2.04. The SMILES string of the molecule is Nc1ccc(COc2ccc(Br)c(F)c2)c(Br)c1. The van der Waals surface area contributed by atoms with Crippen molar-refractivity contribution in [2.24, 2.45) is 0 Å². The summed E-state index contributed by atoms with van der Waals surface area (Å²) in [7, 11) is 0. The van der Waals surface area contributed by atoms with E-state index in [2.05, 4.69) is 31.9 Å². The topological polar surface area (TPSA) is 35.2 Å². The molecule has 0 spiro atoms. The van der Waals surface area contributed by atoms with Crippen molar-refractivity contribution in [2.45, 2.75) is 6.61 Å². The molecule has 5 heteroatoms. The van der Waals surface area contributed by atoms with Gasteiger partial charge in [0.2, 0.25) is 0 Å². The lowest BCUT2D eigenvalue weighted by Crippen LogP contribution is -1.97. The number of hydrogen-bond donors (Lipinski definition) is 1. The Hall–Kier alpha value is -1.07. The fourth-order valence-corrected chi connectivity index (χ4v) is 2.17. The molecule has 0 saturated carbocycles. The van der Waals surface area contributed by atoms with Crippen LogP contribution in [0.5, 0.6) is 5.75 Å². The van der Waals surface area contributed by atoms with Gasteiger partial charge in [-0.1, -0.05) is 22.0 Å². The van der Waals surface area contributed by atoms with Gasteiger partial charge in [-0.15, -0.1) is 0 Å². The van der Waals surface area contributed by atoms with Crippen LogP contribution in [0.3, 0.4) is 0 Å². The number of ether oxygens (including phenoxy) is 1. The van der Waals surface area contributed by atoms with Crippen molar-refractivity contribution in [1.29, 1.82) is 0 Å². The Balaban J connectivity index is 2.09. The second-order valence-corrected chi connectivity index (χ2v) is 5.42. The number of nitrogens with two attached hydrogens (primary N) is 1. The molecule has 2 N–H and O–H groups in total. The van der Waals surface area contributed by atoms with Crippen LogP contribution in [0.4, 0.5) is 10.1 Å². The van der Waals surface area contributed by atoms with E-state index in [4.69, 9.17) is 10.5 Å². The maximum Gasteiger partial charge on any atom is 0.141 e. The summed E-state index contributed by atoms with van der Waals surface area (Å²) in [5.74, 6) is 0.142. The number of hydrogen-bond acceptors (Lipinski definition) is 2. The van der Waals surface area contributed by atoms with E-state index in [1.807, 2.05) is 6.07 Å². The molecule has 2 rings (SSSR count). The van der Waals surface area contributed by atoms with Gasteiger partial charge in [-0.3, -0.25) is 0 Å². The molecule has 0 fully saturated rings. The van der Waals surface area contributed by atoms with Crippen LogP contribution >= 0.6 is 31.9 Å². The van der Waals surface area contributed by atoms with Gasteiger partial charge in [0.15, 0.2) is 0 Å². The van der Waals surface area contributed by atoms with Crippen LogP contribution in [0.2, 0.25) is 0 Å². The fraction of sp³-hybridized carbons (Fsp3) is 0.0769. The molecule has 0 atom stereocenters. The molecule has 2 aromatic carbocycles. The largest absolute Gasteiger partial charge is 0.489 e. The van der Waals surface area contributed by atoms with Crippen LogP contribution in [0, 0.1) is 5.82 Å². The lowest BCUT2D eigenvalue weighted by Gasteiger charge is -2.09. The van der Waals surface area contributed by atoms with Crippen molar-refractivity contribution in [3.8, 4) is 5.75 Å². The molecule has 2 nitrogen and oxygen atoms in total. The molecular weight excluding hydrogens is 365 g/mol. The van der Waals surface area contributed by atoms with Gasteiger partial charge in [0, 0.05) is 21.8 Å². The van der Waals surface area contributed by atoms with Crippen molar-refractivity contribution in [3.63, 3.8) is 0 Å². The highest BCUT2D eigenvalue weighted by molar-refractivity contribution is 9.10. The number of benzene rings is 2. The van der Waals surface area contributed by atoms with Crippen molar-refractivity contribution < 1.29 is 9.13 Å². The summed E-state index contributed by atoms with van der Waals surface area (Å²) in [6, 6.07) is 10.1. The first kappa shape index (κ1) is 13.4. The second kappa shape index (κ2) is 5.71. The standard InChI is InChI=1S/C13H10Br2FNO/c14-11-4-3-10(6-13(11)16)18-7-8-1-2-9(17)5-12(8)15/h1-6H,7,17H2. The zero-order chi connectivity index (χ0) is 13.1. The minimum atomic E-state index is -0.344. The van der Waals surface area contributed by atoms with Crippen molar-refractivity contribution in [1.82, 2.24) is 0 Å². The Morgan fingerprint density at radius 2 is 1.83 bits per heavy atom. The first-order valence-corrected chi connectivity index (χ1v) is 6.76. The maximum absolute atomic E-state index is 13.3. The Morgan fingerprint density at radius 3 is 2.50 bits per heavy atom. The van der Waals surface area contributed by atoms with E-state index in [1.165, 1.54) is 6.07 Å². The number of halogens is 3. The Labute approximate surface area is 121 Å². The fourth-order valence-electron chi connectivity index (χ4n) is 1.41. The molecule has 0 heterocycles. The first-order chi connectivity index (χ1) is 8.56. The van der Waals surface area contributed by atoms with E-state index in [9.17, 15) is 4.39 Å².